The number of halogens is 4. The molecule has 6 heteroatoms. The fourth-order valence-corrected chi connectivity index (χ4v) is 2.04. The van der Waals surface area contributed by atoms with Crippen molar-refractivity contribution in [3.05, 3.63) is 59.7 Å². The van der Waals surface area contributed by atoms with Crippen LogP contribution in [0.2, 0.25) is 0 Å². The Hall–Kier alpha value is -1.72. The third kappa shape index (κ3) is 5.77. The second-order valence-electron chi connectivity index (χ2n) is 5.17. The zero-order valence-electron chi connectivity index (χ0n) is 12.9. The molecule has 2 rings (SSSR count). The molecule has 0 aliphatic rings. The lowest BCUT2D eigenvalue weighted by atomic mass is 10.1. The predicted octanol–water partition coefficient (Wildman–Crippen LogP) is 5.07. The molecule has 1 N–H and O–H groups in total. The van der Waals surface area contributed by atoms with Gasteiger partial charge in [0.1, 0.15) is 11.5 Å². The number of benzene rings is 2. The largest absolute Gasteiger partial charge is 0.457 e. The summed E-state index contributed by atoms with van der Waals surface area (Å²) < 4.78 is 43.1. The van der Waals surface area contributed by atoms with Crippen LogP contribution in [0.5, 0.6) is 11.5 Å². The Morgan fingerprint density at radius 2 is 1.70 bits per heavy atom. The fourth-order valence-electron chi connectivity index (χ4n) is 2.04. The van der Waals surface area contributed by atoms with Crippen LogP contribution in [0.15, 0.2) is 48.5 Å². The predicted molar refractivity (Wildman–Crippen MR) is 87.4 cm³/mol. The van der Waals surface area contributed by atoms with Crippen LogP contribution in [-0.2, 0) is 12.6 Å². The van der Waals surface area contributed by atoms with E-state index in [1.165, 1.54) is 12.1 Å². The van der Waals surface area contributed by atoms with Crippen molar-refractivity contribution >= 4 is 12.4 Å². The van der Waals surface area contributed by atoms with Gasteiger partial charge in [0, 0.05) is 6.04 Å². The molecule has 2 aromatic carbocycles. The molecule has 0 saturated carbocycles. The summed E-state index contributed by atoms with van der Waals surface area (Å²) >= 11 is 0. The van der Waals surface area contributed by atoms with Gasteiger partial charge in [0.15, 0.2) is 0 Å². The quantitative estimate of drug-likeness (QED) is 0.816. The van der Waals surface area contributed by atoms with Crippen molar-refractivity contribution in [2.45, 2.75) is 25.6 Å². The molecule has 0 amide bonds. The SMILES string of the molecule is CNC(C)Cc1cccc(Oc2ccc(C(F)(F)F)cc2)c1.Cl. The Balaban J connectivity index is 0.00000264. The van der Waals surface area contributed by atoms with Crippen LogP contribution in [0.4, 0.5) is 13.2 Å². The van der Waals surface area contributed by atoms with Gasteiger partial charge in [-0.2, -0.15) is 13.2 Å². The first-order valence-corrected chi connectivity index (χ1v) is 7.00. The average molecular weight is 346 g/mol. The third-order valence-electron chi connectivity index (χ3n) is 3.35. The van der Waals surface area contributed by atoms with Crippen LogP contribution in [-0.4, -0.2) is 13.1 Å². The summed E-state index contributed by atoms with van der Waals surface area (Å²) in [5.41, 5.74) is 0.419. The second-order valence-corrected chi connectivity index (χ2v) is 5.17. The molecule has 0 bridgehead atoms. The van der Waals surface area contributed by atoms with Gasteiger partial charge >= 0.3 is 6.18 Å². The normalized spacial score (nSPS) is 12.4. The number of hydrogen-bond acceptors (Lipinski definition) is 2. The van der Waals surface area contributed by atoms with Gasteiger partial charge in [-0.15, -0.1) is 12.4 Å². The van der Waals surface area contributed by atoms with E-state index >= 15 is 0 Å². The molecule has 0 aliphatic heterocycles. The lowest BCUT2D eigenvalue weighted by Crippen LogP contribution is -2.23. The van der Waals surface area contributed by atoms with E-state index in [0.29, 0.717) is 17.5 Å². The van der Waals surface area contributed by atoms with Crippen molar-refractivity contribution in [3.63, 3.8) is 0 Å². The van der Waals surface area contributed by atoms with Gasteiger partial charge in [0.25, 0.3) is 0 Å². The minimum atomic E-state index is -4.33. The Morgan fingerprint density at radius 3 is 2.26 bits per heavy atom. The summed E-state index contributed by atoms with van der Waals surface area (Å²) in [4.78, 5) is 0. The minimum absolute atomic E-state index is 0. The lowest BCUT2D eigenvalue weighted by molar-refractivity contribution is -0.137. The number of ether oxygens (including phenoxy) is 1. The van der Waals surface area contributed by atoms with Gasteiger partial charge < -0.3 is 10.1 Å². The molecule has 0 heterocycles. The molecule has 1 atom stereocenters. The molecule has 2 nitrogen and oxygen atoms in total. The van der Waals surface area contributed by atoms with Crippen molar-refractivity contribution < 1.29 is 17.9 Å². The summed E-state index contributed by atoms with van der Waals surface area (Å²) in [6.07, 6.45) is -3.48. The molecule has 2 aromatic rings. The Labute approximate surface area is 140 Å². The summed E-state index contributed by atoms with van der Waals surface area (Å²) in [6, 6.07) is 12.6. The number of likely N-dealkylation sites (N-methyl/N-ethyl adjacent to an activating group) is 1. The van der Waals surface area contributed by atoms with E-state index in [9.17, 15) is 13.2 Å². The Bertz CT molecular complexity index is 614. The maximum Gasteiger partial charge on any atom is 0.416 e. The highest BCUT2D eigenvalue weighted by Crippen LogP contribution is 2.31. The van der Waals surface area contributed by atoms with E-state index in [-0.39, 0.29) is 12.4 Å². The van der Waals surface area contributed by atoms with Gasteiger partial charge in [-0.1, -0.05) is 12.1 Å². The Morgan fingerprint density at radius 1 is 1.04 bits per heavy atom. The van der Waals surface area contributed by atoms with E-state index in [1.54, 1.807) is 6.07 Å². The average Bonchev–Trinajstić information content (AvgIpc) is 2.47. The van der Waals surface area contributed by atoms with Gasteiger partial charge in [-0.3, -0.25) is 0 Å². The zero-order chi connectivity index (χ0) is 16.2. The molecule has 1 unspecified atom stereocenters. The smallest absolute Gasteiger partial charge is 0.416 e. The van der Waals surface area contributed by atoms with Crippen LogP contribution < -0.4 is 10.1 Å². The molecule has 0 aliphatic carbocycles. The van der Waals surface area contributed by atoms with Gasteiger partial charge in [-0.05, 0) is 62.4 Å². The van der Waals surface area contributed by atoms with Gasteiger partial charge in [0.05, 0.1) is 5.56 Å². The van der Waals surface area contributed by atoms with Crippen LogP contribution >= 0.6 is 12.4 Å². The molecule has 0 radical (unpaired) electrons. The highest BCUT2D eigenvalue weighted by atomic mass is 35.5. The monoisotopic (exact) mass is 345 g/mol. The molecule has 0 aromatic heterocycles. The molecule has 0 saturated heterocycles. The summed E-state index contributed by atoms with van der Waals surface area (Å²) in [6.45, 7) is 2.07. The molecule has 23 heavy (non-hydrogen) atoms. The standard InChI is InChI=1S/C17H18F3NO.ClH/c1-12(21-2)10-13-4-3-5-16(11-13)22-15-8-6-14(7-9-15)17(18,19)20;/h3-9,11-12,21H,10H2,1-2H3;1H. The van der Waals surface area contributed by atoms with Gasteiger partial charge in [-0.25, -0.2) is 0 Å². The molecule has 0 spiro atoms. The number of rotatable bonds is 5. The third-order valence-corrected chi connectivity index (χ3v) is 3.35. The molecule has 126 valence electrons. The molecule has 0 fully saturated rings. The fraction of sp³-hybridized carbons (Fsp3) is 0.294. The van der Waals surface area contributed by atoms with E-state index in [1.807, 2.05) is 25.2 Å². The maximum atomic E-state index is 12.5. The number of nitrogens with one attached hydrogen (secondary N) is 1. The van der Waals surface area contributed by atoms with Crippen LogP contribution in [0, 0.1) is 0 Å². The summed E-state index contributed by atoms with van der Waals surface area (Å²) in [7, 11) is 1.90. The first kappa shape index (κ1) is 19.3. The Kier molecular flexibility index (Phi) is 6.91. The highest BCUT2D eigenvalue weighted by Gasteiger charge is 2.30. The first-order valence-electron chi connectivity index (χ1n) is 7.00. The number of hydrogen-bond donors (Lipinski definition) is 1. The zero-order valence-corrected chi connectivity index (χ0v) is 13.7. The maximum absolute atomic E-state index is 12.5. The van der Waals surface area contributed by atoms with E-state index in [4.69, 9.17) is 4.74 Å². The van der Waals surface area contributed by atoms with Crippen molar-refractivity contribution in [1.82, 2.24) is 5.32 Å². The van der Waals surface area contributed by atoms with Crippen molar-refractivity contribution in [2.24, 2.45) is 0 Å². The first-order chi connectivity index (χ1) is 10.4. The molecular formula is C17H19ClF3NO. The van der Waals surface area contributed by atoms with Crippen LogP contribution in [0.25, 0.3) is 0 Å². The van der Waals surface area contributed by atoms with Crippen molar-refractivity contribution in [3.8, 4) is 11.5 Å². The van der Waals surface area contributed by atoms with Gasteiger partial charge in [0.2, 0.25) is 0 Å². The lowest BCUT2D eigenvalue weighted by Gasteiger charge is -2.12. The van der Waals surface area contributed by atoms with Crippen LogP contribution in [0.1, 0.15) is 18.1 Å². The second kappa shape index (κ2) is 8.22. The van der Waals surface area contributed by atoms with Crippen LogP contribution in [0.3, 0.4) is 0 Å². The molecular weight excluding hydrogens is 327 g/mol. The minimum Gasteiger partial charge on any atom is -0.457 e. The highest BCUT2D eigenvalue weighted by molar-refractivity contribution is 5.85. The van der Waals surface area contributed by atoms with E-state index in [2.05, 4.69) is 12.2 Å². The van der Waals surface area contributed by atoms with Crippen molar-refractivity contribution in [2.75, 3.05) is 7.05 Å². The number of alkyl halides is 3. The van der Waals surface area contributed by atoms with E-state index < -0.39 is 11.7 Å². The topological polar surface area (TPSA) is 21.3 Å². The summed E-state index contributed by atoms with van der Waals surface area (Å²) in [5.74, 6) is 0.993. The van der Waals surface area contributed by atoms with E-state index in [0.717, 1.165) is 24.1 Å². The summed E-state index contributed by atoms with van der Waals surface area (Å²) in [5, 5.41) is 3.16. The van der Waals surface area contributed by atoms with Crippen molar-refractivity contribution in [1.29, 1.82) is 0 Å².